The largest absolute Gasteiger partial charge is 0.326 e. The molecule has 1 unspecified atom stereocenters. The van der Waals surface area contributed by atoms with Crippen molar-refractivity contribution in [2.75, 3.05) is 5.32 Å². The summed E-state index contributed by atoms with van der Waals surface area (Å²) in [6, 6.07) is 13.0. The standard InChI is InChI=1S/C16H14N4O2S2/c21-14(18-11-5-2-1-3-6-11)9-13-15(22)19-16(24-13)20-17-10-12-7-4-8-23-12/h1-8,10,13H,9H2,(H,18,21)(H,19,20,22). The number of nitrogens with zero attached hydrogens (tertiary/aromatic N) is 2. The first-order chi connectivity index (χ1) is 11.7. The molecule has 2 N–H and O–H groups in total. The SMILES string of the molecule is O=C(CC1S/C(=N/N=Cc2cccs2)NC1=O)Nc1ccccc1. The minimum absolute atomic E-state index is 0.0824. The van der Waals surface area contributed by atoms with Crippen LogP contribution in [0.15, 0.2) is 58.0 Å². The summed E-state index contributed by atoms with van der Waals surface area (Å²) < 4.78 is 0. The third-order valence-electron chi connectivity index (χ3n) is 3.08. The maximum absolute atomic E-state index is 12.0. The molecule has 1 aromatic carbocycles. The Labute approximate surface area is 147 Å². The van der Waals surface area contributed by atoms with Gasteiger partial charge in [-0.15, -0.1) is 16.4 Å². The molecule has 1 aromatic heterocycles. The van der Waals surface area contributed by atoms with Gasteiger partial charge in [-0.25, -0.2) is 0 Å². The molecule has 0 aliphatic carbocycles. The Bertz CT molecular complexity index is 773. The minimum Gasteiger partial charge on any atom is -0.326 e. The van der Waals surface area contributed by atoms with Gasteiger partial charge >= 0.3 is 0 Å². The second-order valence-corrected chi connectivity index (χ2v) is 7.05. The van der Waals surface area contributed by atoms with Crippen molar-refractivity contribution in [2.24, 2.45) is 10.2 Å². The van der Waals surface area contributed by atoms with Crippen LogP contribution in [0.5, 0.6) is 0 Å². The highest BCUT2D eigenvalue weighted by Crippen LogP contribution is 2.23. The molecule has 2 aromatic rings. The summed E-state index contributed by atoms with van der Waals surface area (Å²) in [6.07, 6.45) is 1.71. The van der Waals surface area contributed by atoms with E-state index in [0.29, 0.717) is 10.9 Å². The number of anilines is 1. The molecule has 24 heavy (non-hydrogen) atoms. The lowest BCUT2D eigenvalue weighted by Crippen LogP contribution is -2.28. The van der Waals surface area contributed by atoms with Crippen molar-refractivity contribution in [1.29, 1.82) is 0 Å². The summed E-state index contributed by atoms with van der Waals surface area (Å²) in [5, 5.41) is 15.2. The number of nitrogens with one attached hydrogen (secondary N) is 2. The number of rotatable bonds is 5. The van der Waals surface area contributed by atoms with Crippen molar-refractivity contribution >= 4 is 52.0 Å². The molecule has 0 bridgehead atoms. The molecule has 8 heteroatoms. The molecule has 1 aliphatic rings. The van der Waals surface area contributed by atoms with E-state index in [1.54, 1.807) is 29.7 Å². The number of benzene rings is 1. The van der Waals surface area contributed by atoms with Crippen molar-refractivity contribution in [1.82, 2.24) is 5.32 Å². The number of carbonyl (C=O) groups is 2. The van der Waals surface area contributed by atoms with Crippen LogP contribution < -0.4 is 10.6 Å². The highest BCUT2D eigenvalue weighted by atomic mass is 32.2. The smallest absolute Gasteiger partial charge is 0.240 e. The van der Waals surface area contributed by atoms with E-state index < -0.39 is 5.25 Å². The fourth-order valence-electron chi connectivity index (χ4n) is 1.99. The fraction of sp³-hybridized carbons (Fsp3) is 0.125. The van der Waals surface area contributed by atoms with Gasteiger partial charge in [0.1, 0.15) is 5.25 Å². The fourth-order valence-corrected chi connectivity index (χ4v) is 3.49. The van der Waals surface area contributed by atoms with Crippen molar-refractivity contribution < 1.29 is 9.59 Å². The topological polar surface area (TPSA) is 82.9 Å². The molecule has 2 amide bonds. The van der Waals surface area contributed by atoms with E-state index in [9.17, 15) is 9.59 Å². The number of amidine groups is 1. The van der Waals surface area contributed by atoms with Crippen molar-refractivity contribution in [3.05, 3.63) is 52.7 Å². The van der Waals surface area contributed by atoms with Crippen LogP contribution in [0.25, 0.3) is 0 Å². The summed E-state index contributed by atoms with van der Waals surface area (Å²) in [6.45, 7) is 0. The number of hydrogen-bond acceptors (Lipinski definition) is 6. The molecule has 0 spiro atoms. The Kier molecular flexibility index (Phi) is 5.39. The Morgan fingerprint density at radius 1 is 1.25 bits per heavy atom. The third-order valence-corrected chi connectivity index (χ3v) is 4.96. The Balaban J connectivity index is 1.54. The zero-order valence-electron chi connectivity index (χ0n) is 12.5. The molecule has 2 heterocycles. The van der Waals surface area contributed by atoms with Gasteiger partial charge in [0.15, 0.2) is 5.17 Å². The Morgan fingerprint density at radius 3 is 2.83 bits per heavy atom. The Hall–Kier alpha value is -2.45. The van der Waals surface area contributed by atoms with Crippen molar-refractivity contribution in [3.8, 4) is 0 Å². The summed E-state index contributed by atoms with van der Waals surface area (Å²) in [4.78, 5) is 24.9. The van der Waals surface area contributed by atoms with Gasteiger partial charge in [0.2, 0.25) is 11.8 Å². The second-order valence-electron chi connectivity index (χ2n) is 4.88. The van der Waals surface area contributed by atoms with Crippen LogP contribution in [-0.2, 0) is 9.59 Å². The zero-order chi connectivity index (χ0) is 16.8. The number of hydrogen-bond donors (Lipinski definition) is 2. The maximum Gasteiger partial charge on any atom is 0.240 e. The molecular weight excluding hydrogens is 344 g/mol. The van der Waals surface area contributed by atoms with Gasteiger partial charge in [0, 0.05) is 17.0 Å². The van der Waals surface area contributed by atoms with Crippen LogP contribution in [0.1, 0.15) is 11.3 Å². The maximum atomic E-state index is 12.0. The molecule has 1 atom stereocenters. The molecule has 3 rings (SSSR count). The van der Waals surface area contributed by atoms with Crippen LogP contribution in [0.3, 0.4) is 0 Å². The van der Waals surface area contributed by atoms with Gasteiger partial charge in [0.25, 0.3) is 0 Å². The molecular formula is C16H14N4O2S2. The number of carbonyl (C=O) groups excluding carboxylic acids is 2. The first kappa shape index (κ1) is 16.4. The Morgan fingerprint density at radius 2 is 2.08 bits per heavy atom. The van der Waals surface area contributed by atoms with E-state index in [0.717, 1.165) is 4.88 Å². The molecule has 0 saturated carbocycles. The molecule has 0 radical (unpaired) electrons. The van der Waals surface area contributed by atoms with Crippen molar-refractivity contribution in [2.45, 2.75) is 11.7 Å². The van der Waals surface area contributed by atoms with Crippen LogP contribution in [0.2, 0.25) is 0 Å². The summed E-state index contributed by atoms with van der Waals surface area (Å²) in [5.74, 6) is -0.439. The first-order valence-corrected chi connectivity index (χ1v) is 8.93. The molecule has 1 fully saturated rings. The molecule has 1 aliphatic heterocycles. The number of para-hydroxylation sites is 1. The normalized spacial score (nSPS) is 18.9. The predicted molar refractivity (Wildman–Crippen MR) is 98.6 cm³/mol. The number of amides is 2. The average Bonchev–Trinajstić information content (AvgIpc) is 3.19. The monoisotopic (exact) mass is 358 g/mol. The first-order valence-electron chi connectivity index (χ1n) is 7.17. The number of thiophene rings is 1. The average molecular weight is 358 g/mol. The van der Waals surface area contributed by atoms with Gasteiger partial charge in [0.05, 0.1) is 6.21 Å². The van der Waals surface area contributed by atoms with E-state index in [2.05, 4.69) is 20.8 Å². The van der Waals surface area contributed by atoms with Gasteiger partial charge in [-0.3, -0.25) is 9.59 Å². The van der Waals surface area contributed by atoms with Gasteiger partial charge in [-0.05, 0) is 23.6 Å². The van der Waals surface area contributed by atoms with Crippen LogP contribution >= 0.6 is 23.1 Å². The minimum atomic E-state index is -0.496. The third kappa shape index (κ3) is 4.53. The van der Waals surface area contributed by atoms with E-state index in [1.165, 1.54) is 11.8 Å². The lowest BCUT2D eigenvalue weighted by molar-refractivity contribution is -0.122. The zero-order valence-corrected chi connectivity index (χ0v) is 14.1. The molecule has 1 saturated heterocycles. The van der Waals surface area contributed by atoms with E-state index in [-0.39, 0.29) is 18.2 Å². The second kappa shape index (κ2) is 7.89. The lowest BCUT2D eigenvalue weighted by atomic mass is 10.2. The lowest BCUT2D eigenvalue weighted by Gasteiger charge is -2.06. The van der Waals surface area contributed by atoms with Gasteiger partial charge in [-0.1, -0.05) is 36.0 Å². The van der Waals surface area contributed by atoms with Gasteiger partial charge in [-0.2, -0.15) is 5.10 Å². The molecule has 6 nitrogen and oxygen atoms in total. The van der Waals surface area contributed by atoms with Crippen molar-refractivity contribution in [3.63, 3.8) is 0 Å². The molecule has 122 valence electrons. The summed E-state index contributed by atoms with van der Waals surface area (Å²) >= 11 is 2.76. The highest BCUT2D eigenvalue weighted by Gasteiger charge is 2.32. The summed E-state index contributed by atoms with van der Waals surface area (Å²) in [5.41, 5.74) is 0.709. The number of thioether (sulfide) groups is 1. The summed E-state index contributed by atoms with van der Waals surface area (Å²) in [7, 11) is 0. The quantitative estimate of drug-likeness (QED) is 0.637. The van der Waals surface area contributed by atoms with E-state index in [1.807, 2.05) is 35.7 Å². The van der Waals surface area contributed by atoms with Crippen LogP contribution in [0, 0.1) is 0 Å². The van der Waals surface area contributed by atoms with E-state index >= 15 is 0 Å². The highest BCUT2D eigenvalue weighted by molar-refractivity contribution is 8.15. The van der Waals surface area contributed by atoms with E-state index in [4.69, 9.17) is 0 Å². The van der Waals surface area contributed by atoms with Crippen LogP contribution in [0.4, 0.5) is 5.69 Å². The van der Waals surface area contributed by atoms with Crippen LogP contribution in [-0.4, -0.2) is 28.4 Å². The predicted octanol–water partition coefficient (Wildman–Crippen LogP) is 2.70. The van der Waals surface area contributed by atoms with Gasteiger partial charge < -0.3 is 10.6 Å².